The van der Waals surface area contributed by atoms with E-state index in [1.807, 2.05) is 0 Å². The molecule has 0 saturated carbocycles. The Bertz CT molecular complexity index is 728. The molecule has 0 bridgehead atoms. The highest BCUT2D eigenvalue weighted by molar-refractivity contribution is 5.54. The van der Waals surface area contributed by atoms with Crippen molar-refractivity contribution < 1.29 is 22.8 Å². The summed E-state index contributed by atoms with van der Waals surface area (Å²) in [5, 5.41) is 23.8. The van der Waals surface area contributed by atoms with Crippen LogP contribution in [0.2, 0.25) is 0 Å². The molecule has 0 atom stereocenters. The lowest BCUT2D eigenvalue weighted by molar-refractivity contribution is 0.0556. The lowest BCUT2D eigenvalue weighted by Crippen LogP contribution is -2.27. The number of aliphatic hydroxyl groups excluding tert-OH is 1. The quantitative estimate of drug-likeness (QED) is 0.880. The minimum atomic E-state index is -3.22. The Balaban J connectivity index is 2.47. The molecule has 2 aromatic heterocycles. The monoisotopic (exact) mass is 271 g/mol. The first kappa shape index (κ1) is 7.72. The van der Waals surface area contributed by atoms with E-state index in [-0.39, 0.29) is 17.1 Å². The minimum absolute atomic E-state index is 0.0769. The Morgan fingerprint density at radius 2 is 2.21 bits per heavy atom. The van der Waals surface area contributed by atoms with E-state index in [2.05, 4.69) is 10.1 Å². The third-order valence-corrected chi connectivity index (χ3v) is 2.39. The van der Waals surface area contributed by atoms with Crippen LogP contribution in [0.1, 0.15) is 27.6 Å². The van der Waals surface area contributed by atoms with Crippen molar-refractivity contribution in [1.82, 2.24) is 14.8 Å². The Kier molecular flexibility index (Phi) is 2.06. The fourth-order valence-electron chi connectivity index (χ4n) is 1.59. The molecule has 0 amide bonds. The van der Waals surface area contributed by atoms with Crippen molar-refractivity contribution in [2.75, 3.05) is 0 Å². The maximum atomic E-state index is 13.0. The summed E-state index contributed by atoms with van der Waals surface area (Å²) in [6, 6.07) is 3.81. The van der Waals surface area contributed by atoms with Crippen LogP contribution in [0.15, 0.2) is 24.4 Å². The van der Waals surface area contributed by atoms with E-state index < -0.39 is 38.3 Å². The first-order valence-electron chi connectivity index (χ1n) is 8.41. The van der Waals surface area contributed by atoms with Gasteiger partial charge in [0.1, 0.15) is 11.5 Å². The molecule has 0 unspecified atom stereocenters. The maximum absolute atomic E-state index is 13.0. The molecule has 6 heteroatoms. The summed E-state index contributed by atoms with van der Waals surface area (Å²) in [4.78, 5) is 3.81. The largest absolute Gasteiger partial charge is 0.390 e. The minimum Gasteiger partial charge on any atom is -0.390 e. The molecule has 2 heterocycles. The van der Waals surface area contributed by atoms with Crippen LogP contribution in [0, 0.1) is 5.82 Å². The molecule has 2 aromatic rings. The third-order valence-electron chi connectivity index (χ3n) is 2.39. The fourth-order valence-corrected chi connectivity index (χ4v) is 1.59. The molecule has 0 spiro atoms. The first-order valence-corrected chi connectivity index (χ1v) is 5.41. The van der Waals surface area contributed by atoms with Crippen LogP contribution in [-0.2, 0) is 13.2 Å². The highest BCUT2D eigenvalue weighted by Gasteiger charge is 2.18. The summed E-state index contributed by atoms with van der Waals surface area (Å²) >= 11 is 0. The second kappa shape index (κ2) is 5.07. The molecule has 0 radical (unpaired) electrons. The molecular weight excluding hydrogens is 249 g/mol. The van der Waals surface area contributed by atoms with Gasteiger partial charge < -0.3 is 10.2 Å². The van der Waals surface area contributed by atoms with Crippen molar-refractivity contribution in [3.8, 4) is 11.4 Å². The van der Waals surface area contributed by atoms with Gasteiger partial charge in [0.15, 0.2) is 0 Å². The van der Waals surface area contributed by atoms with Crippen LogP contribution in [0.5, 0.6) is 0 Å². The normalized spacial score (nSPS) is 17.8. The molecule has 102 valence electrons. The molecule has 0 aliphatic carbocycles. The molecular formula is C13H16FN3O2. The van der Waals surface area contributed by atoms with Crippen molar-refractivity contribution in [2.45, 2.75) is 32.5 Å². The summed E-state index contributed by atoms with van der Waals surface area (Å²) in [5.41, 5.74) is -2.58. The van der Waals surface area contributed by atoms with Gasteiger partial charge in [-0.05, 0) is 31.9 Å². The van der Waals surface area contributed by atoms with Crippen molar-refractivity contribution >= 4 is 0 Å². The lowest BCUT2D eigenvalue weighted by atomic mass is 10.1. The molecule has 0 aliphatic rings. The predicted octanol–water partition coefficient (Wildman–Crippen LogP) is 1.35. The molecule has 0 saturated heterocycles. The number of aromatic nitrogens is 3. The van der Waals surface area contributed by atoms with Crippen molar-refractivity contribution in [3.05, 3.63) is 35.9 Å². The standard InChI is InChI=1S/C13H16FN3O2/c1-13(2,19)8-17-10(7-18)5-12(16-17)11-4-3-9(14)6-15-11/h3-6,18-19H,7-8H2,1-2H3/i1D3,2D3. The van der Waals surface area contributed by atoms with Crippen LogP contribution in [-0.4, -0.2) is 30.6 Å². The van der Waals surface area contributed by atoms with E-state index >= 15 is 0 Å². The summed E-state index contributed by atoms with van der Waals surface area (Å²) in [6.07, 6.45) is 0.953. The zero-order valence-corrected chi connectivity index (χ0v) is 9.84. The number of hydrogen-bond donors (Lipinski definition) is 2. The number of aliphatic hydroxyl groups is 2. The lowest BCUT2D eigenvalue weighted by Gasteiger charge is -2.18. The number of pyridine rings is 1. The second-order valence-electron chi connectivity index (χ2n) is 4.06. The van der Waals surface area contributed by atoms with Crippen molar-refractivity contribution in [2.24, 2.45) is 0 Å². The van der Waals surface area contributed by atoms with E-state index in [9.17, 15) is 14.6 Å². The Hall–Kier alpha value is -1.79. The first-order chi connectivity index (χ1) is 11.4. The highest BCUT2D eigenvalue weighted by Crippen LogP contribution is 2.19. The Morgan fingerprint density at radius 1 is 1.42 bits per heavy atom. The van der Waals surface area contributed by atoms with Crippen molar-refractivity contribution in [1.29, 1.82) is 0 Å². The molecule has 0 fully saturated rings. The van der Waals surface area contributed by atoms with Gasteiger partial charge >= 0.3 is 0 Å². The van der Waals surface area contributed by atoms with Gasteiger partial charge in [-0.1, -0.05) is 0 Å². The predicted molar refractivity (Wildman–Crippen MR) is 67.6 cm³/mol. The SMILES string of the molecule is [2H]C([2H])([2H])C(O)(Cn1nc(-c2ccc(F)cn2)cc1CO)C([2H])([2H])[2H]. The van der Waals surface area contributed by atoms with E-state index in [0.717, 1.165) is 16.9 Å². The fraction of sp³-hybridized carbons (Fsp3) is 0.385. The highest BCUT2D eigenvalue weighted by atomic mass is 19.1. The Morgan fingerprint density at radius 3 is 2.79 bits per heavy atom. The molecule has 19 heavy (non-hydrogen) atoms. The molecule has 0 aliphatic heterocycles. The van der Waals surface area contributed by atoms with Gasteiger partial charge in [0.2, 0.25) is 0 Å². The molecule has 5 nitrogen and oxygen atoms in total. The van der Waals surface area contributed by atoms with E-state index in [0.29, 0.717) is 0 Å². The van der Waals surface area contributed by atoms with Gasteiger partial charge in [0.25, 0.3) is 0 Å². The average molecular weight is 271 g/mol. The van der Waals surface area contributed by atoms with E-state index in [1.165, 1.54) is 12.1 Å². The molecule has 2 rings (SSSR count). The smallest absolute Gasteiger partial charge is 0.141 e. The number of hydrogen-bond acceptors (Lipinski definition) is 4. The maximum Gasteiger partial charge on any atom is 0.141 e. The Labute approximate surface area is 118 Å². The van der Waals surface area contributed by atoms with Crippen LogP contribution in [0.25, 0.3) is 11.4 Å². The van der Waals surface area contributed by atoms with Gasteiger partial charge in [-0.3, -0.25) is 9.67 Å². The van der Waals surface area contributed by atoms with Crippen LogP contribution in [0.3, 0.4) is 0 Å². The average Bonchev–Trinajstić information content (AvgIpc) is 2.88. The summed E-state index contributed by atoms with van der Waals surface area (Å²) < 4.78 is 58.1. The molecule has 2 N–H and O–H groups in total. The third kappa shape index (κ3) is 3.36. The van der Waals surface area contributed by atoms with E-state index in [1.54, 1.807) is 0 Å². The van der Waals surface area contributed by atoms with Gasteiger partial charge in [-0.15, -0.1) is 0 Å². The van der Waals surface area contributed by atoms with Gasteiger partial charge in [-0.25, -0.2) is 4.39 Å². The summed E-state index contributed by atoms with van der Waals surface area (Å²) in [6.45, 7) is -7.90. The van der Waals surface area contributed by atoms with Crippen LogP contribution >= 0.6 is 0 Å². The molecule has 0 aromatic carbocycles. The van der Waals surface area contributed by atoms with E-state index in [4.69, 9.17) is 8.22 Å². The number of rotatable bonds is 4. The zero-order chi connectivity index (χ0) is 19.0. The summed E-state index contributed by atoms with van der Waals surface area (Å²) in [5.74, 6) is -0.565. The van der Waals surface area contributed by atoms with Gasteiger partial charge in [-0.2, -0.15) is 5.10 Å². The summed E-state index contributed by atoms with van der Waals surface area (Å²) in [7, 11) is 0. The zero-order valence-electron chi connectivity index (χ0n) is 15.8. The van der Waals surface area contributed by atoms with Crippen LogP contribution in [0.4, 0.5) is 4.39 Å². The number of nitrogens with zero attached hydrogens (tertiary/aromatic N) is 3. The van der Waals surface area contributed by atoms with Crippen LogP contribution < -0.4 is 0 Å². The van der Waals surface area contributed by atoms with Gasteiger partial charge in [0.05, 0.1) is 36.3 Å². The topological polar surface area (TPSA) is 71.2 Å². The second-order valence-corrected chi connectivity index (χ2v) is 4.06. The van der Waals surface area contributed by atoms with Crippen molar-refractivity contribution in [3.63, 3.8) is 0 Å². The number of halogens is 1. The van der Waals surface area contributed by atoms with Gasteiger partial charge in [0, 0.05) is 8.22 Å².